The summed E-state index contributed by atoms with van der Waals surface area (Å²) in [6.07, 6.45) is 1.99. The molecule has 0 atom stereocenters. The molecule has 1 aromatic carbocycles. The maximum Gasteiger partial charge on any atom is 0.279 e. The first kappa shape index (κ1) is 15.5. The zero-order valence-corrected chi connectivity index (χ0v) is 13.2. The monoisotopic (exact) mass is 323 g/mol. The molecule has 7 heteroatoms. The fraction of sp³-hybridized carbons (Fsp3) is 0.533. The van der Waals surface area contributed by atoms with E-state index < -0.39 is 10.2 Å². The third-order valence-electron chi connectivity index (χ3n) is 4.62. The summed E-state index contributed by atoms with van der Waals surface area (Å²) < 4.78 is 28.9. The SMILES string of the molecule is O=C1CC2(CCN(S(=O)(=O)NCc3ccccc3)CC2)CN1. The number of piperidine rings is 1. The Bertz CT molecular complexity index is 637. The minimum Gasteiger partial charge on any atom is -0.356 e. The summed E-state index contributed by atoms with van der Waals surface area (Å²) in [5, 5.41) is 2.86. The van der Waals surface area contributed by atoms with Crippen molar-refractivity contribution in [3.63, 3.8) is 0 Å². The van der Waals surface area contributed by atoms with Gasteiger partial charge in [-0.25, -0.2) is 0 Å². The topological polar surface area (TPSA) is 78.5 Å². The van der Waals surface area contributed by atoms with Gasteiger partial charge in [-0.2, -0.15) is 17.4 Å². The van der Waals surface area contributed by atoms with Gasteiger partial charge in [-0.05, 0) is 23.8 Å². The van der Waals surface area contributed by atoms with Crippen molar-refractivity contribution in [1.29, 1.82) is 0 Å². The van der Waals surface area contributed by atoms with E-state index in [0.29, 0.717) is 32.6 Å². The summed E-state index contributed by atoms with van der Waals surface area (Å²) >= 11 is 0. The van der Waals surface area contributed by atoms with Crippen LogP contribution in [0, 0.1) is 5.41 Å². The summed E-state index contributed by atoms with van der Waals surface area (Å²) in [6, 6.07) is 9.46. The van der Waals surface area contributed by atoms with E-state index in [2.05, 4.69) is 10.0 Å². The Morgan fingerprint density at radius 2 is 1.86 bits per heavy atom. The van der Waals surface area contributed by atoms with Gasteiger partial charge in [-0.1, -0.05) is 30.3 Å². The second-order valence-corrected chi connectivity index (χ2v) is 7.92. The number of carbonyl (C=O) groups is 1. The molecule has 2 heterocycles. The van der Waals surface area contributed by atoms with Gasteiger partial charge in [0.1, 0.15) is 0 Å². The highest BCUT2D eigenvalue weighted by Gasteiger charge is 2.42. The van der Waals surface area contributed by atoms with Gasteiger partial charge in [0.15, 0.2) is 0 Å². The van der Waals surface area contributed by atoms with Gasteiger partial charge in [0.25, 0.3) is 10.2 Å². The van der Waals surface area contributed by atoms with E-state index in [1.165, 1.54) is 4.31 Å². The minimum absolute atomic E-state index is 0.0392. The van der Waals surface area contributed by atoms with Gasteiger partial charge < -0.3 is 5.32 Å². The average Bonchev–Trinajstić information content (AvgIpc) is 2.87. The van der Waals surface area contributed by atoms with E-state index in [-0.39, 0.29) is 11.3 Å². The molecule has 0 aliphatic carbocycles. The Morgan fingerprint density at radius 1 is 1.18 bits per heavy atom. The first-order valence-electron chi connectivity index (χ1n) is 7.55. The van der Waals surface area contributed by atoms with Crippen LogP contribution >= 0.6 is 0 Å². The second kappa shape index (κ2) is 5.98. The van der Waals surface area contributed by atoms with Crippen molar-refractivity contribution in [2.24, 2.45) is 5.41 Å². The third kappa shape index (κ3) is 3.31. The molecule has 2 saturated heterocycles. The summed E-state index contributed by atoms with van der Waals surface area (Å²) in [7, 11) is -3.46. The number of amides is 1. The van der Waals surface area contributed by atoms with Crippen molar-refractivity contribution in [1.82, 2.24) is 14.3 Å². The van der Waals surface area contributed by atoms with E-state index in [4.69, 9.17) is 0 Å². The molecule has 2 N–H and O–H groups in total. The first-order valence-corrected chi connectivity index (χ1v) is 8.99. The molecular weight excluding hydrogens is 302 g/mol. The Hall–Kier alpha value is -1.44. The molecule has 22 heavy (non-hydrogen) atoms. The number of carbonyl (C=O) groups excluding carboxylic acids is 1. The number of nitrogens with zero attached hydrogens (tertiary/aromatic N) is 1. The van der Waals surface area contributed by atoms with Gasteiger partial charge in [0, 0.05) is 32.6 Å². The van der Waals surface area contributed by atoms with Crippen LogP contribution in [-0.2, 0) is 21.5 Å². The Kier molecular flexibility index (Phi) is 4.20. The van der Waals surface area contributed by atoms with Crippen molar-refractivity contribution in [2.45, 2.75) is 25.8 Å². The van der Waals surface area contributed by atoms with Crippen molar-refractivity contribution in [3.8, 4) is 0 Å². The summed E-state index contributed by atoms with van der Waals surface area (Å²) in [4.78, 5) is 11.4. The number of benzene rings is 1. The minimum atomic E-state index is -3.46. The quantitative estimate of drug-likeness (QED) is 0.853. The highest BCUT2D eigenvalue weighted by atomic mass is 32.2. The Labute approximate surface area is 131 Å². The van der Waals surface area contributed by atoms with E-state index in [1.54, 1.807) is 0 Å². The molecule has 120 valence electrons. The molecule has 0 saturated carbocycles. The van der Waals surface area contributed by atoms with E-state index in [1.807, 2.05) is 30.3 Å². The molecule has 6 nitrogen and oxygen atoms in total. The van der Waals surface area contributed by atoms with Crippen molar-refractivity contribution in [3.05, 3.63) is 35.9 Å². The Balaban J connectivity index is 1.57. The lowest BCUT2D eigenvalue weighted by molar-refractivity contribution is -0.119. The maximum absolute atomic E-state index is 12.4. The van der Waals surface area contributed by atoms with Crippen LogP contribution < -0.4 is 10.0 Å². The third-order valence-corrected chi connectivity index (χ3v) is 6.17. The molecule has 2 aliphatic heterocycles. The lowest BCUT2D eigenvalue weighted by atomic mass is 9.78. The highest BCUT2D eigenvalue weighted by molar-refractivity contribution is 7.87. The zero-order chi connectivity index (χ0) is 15.6. The van der Waals surface area contributed by atoms with Crippen molar-refractivity contribution < 1.29 is 13.2 Å². The molecule has 1 amide bonds. The van der Waals surface area contributed by atoms with Gasteiger partial charge in [0.05, 0.1) is 0 Å². The summed E-state index contributed by atoms with van der Waals surface area (Å²) in [5.74, 6) is 0.0820. The molecule has 0 bridgehead atoms. The molecule has 0 radical (unpaired) electrons. The number of nitrogens with one attached hydrogen (secondary N) is 2. The van der Waals surface area contributed by atoms with Crippen LogP contribution in [-0.4, -0.2) is 38.3 Å². The first-order chi connectivity index (χ1) is 10.5. The molecule has 0 unspecified atom stereocenters. The predicted octanol–water partition coefficient (Wildman–Crippen LogP) is 0.623. The molecule has 1 spiro atoms. The fourth-order valence-electron chi connectivity index (χ4n) is 3.17. The van der Waals surface area contributed by atoms with E-state index in [9.17, 15) is 13.2 Å². The standard InChI is InChI=1S/C15H21N3O3S/c19-14-10-15(12-16-14)6-8-18(9-7-15)22(20,21)17-11-13-4-2-1-3-5-13/h1-5,17H,6-12H2,(H,16,19). The molecule has 1 aromatic rings. The molecule has 0 aromatic heterocycles. The largest absolute Gasteiger partial charge is 0.356 e. The lowest BCUT2D eigenvalue weighted by Gasteiger charge is -2.37. The summed E-state index contributed by atoms with van der Waals surface area (Å²) in [6.45, 7) is 1.92. The number of rotatable bonds is 4. The smallest absolute Gasteiger partial charge is 0.279 e. The highest BCUT2D eigenvalue weighted by Crippen LogP contribution is 2.37. The predicted molar refractivity (Wildman–Crippen MR) is 83.1 cm³/mol. The van der Waals surface area contributed by atoms with Crippen molar-refractivity contribution in [2.75, 3.05) is 19.6 Å². The van der Waals surface area contributed by atoms with Gasteiger partial charge in [-0.3, -0.25) is 4.79 Å². The number of hydrogen-bond donors (Lipinski definition) is 2. The van der Waals surface area contributed by atoms with Gasteiger partial charge in [0.2, 0.25) is 5.91 Å². The van der Waals surface area contributed by atoms with E-state index in [0.717, 1.165) is 18.4 Å². The van der Waals surface area contributed by atoms with Gasteiger partial charge >= 0.3 is 0 Å². The van der Waals surface area contributed by atoms with Crippen LogP contribution in [0.25, 0.3) is 0 Å². The molecular formula is C15H21N3O3S. The summed E-state index contributed by atoms with van der Waals surface area (Å²) in [5.41, 5.74) is 0.896. The maximum atomic E-state index is 12.4. The normalized spacial score (nSPS) is 21.9. The fourth-order valence-corrected chi connectivity index (χ4v) is 4.36. The Morgan fingerprint density at radius 3 is 2.45 bits per heavy atom. The zero-order valence-electron chi connectivity index (χ0n) is 12.4. The van der Waals surface area contributed by atoms with Crippen LogP contribution in [0.4, 0.5) is 0 Å². The molecule has 3 rings (SSSR count). The average molecular weight is 323 g/mol. The van der Waals surface area contributed by atoms with Crippen LogP contribution in [0.5, 0.6) is 0 Å². The van der Waals surface area contributed by atoms with E-state index >= 15 is 0 Å². The molecule has 2 aliphatic rings. The molecule has 2 fully saturated rings. The van der Waals surface area contributed by atoms with Crippen LogP contribution in [0.2, 0.25) is 0 Å². The van der Waals surface area contributed by atoms with Gasteiger partial charge in [-0.15, -0.1) is 0 Å². The van der Waals surface area contributed by atoms with Crippen LogP contribution in [0.3, 0.4) is 0 Å². The van der Waals surface area contributed by atoms with Crippen LogP contribution in [0.15, 0.2) is 30.3 Å². The lowest BCUT2D eigenvalue weighted by Crippen LogP contribution is -2.48. The second-order valence-electron chi connectivity index (χ2n) is 6.16. The van der Waals surface area contributed by atoms with Crippen LogP contribution in [0.1, 0.15) is 24.8 Å². The van der Waals surface area contributed by atoms with Crippen molar-refractivity contribution >= 4 is 16.1 Å². The number of hydrogen-bond acceptors (Lipinski definition) is 3.